The van der Waals surface area contributed by atoms with E-state index in [1.54, 1.807) is 17.3 Å². The number of rotatable bonds is 8. The highest BCUT2D eigenvalue weighted by Crippen LogP contribution is 2.39. The maximum absolute atomic E-state index is 14.4. The maximum Gasteiger partial charge on any atom is 0.264 e. The molecule has 4 heterocycles. The molecule has 3 aliphatic rings. The van der Waals surface area contributed by atoms with Crippen LogP contribution in [0.3, 0.4) is 0 Å². The highest BCUT2D eigenvalue weighted by molar-refractivity contribution is 6.10. The summed E-state index contributed by atoms with van der Waals surface area (Å²) in [5.41, 5.74) is 3.23. The third-order valence-electron chi connectivity index (χ3n) is 8.96. The molecule has 0 N–H and O–H groups in total. The van der Waals surface area contributed by atoms with Crippen molar-refractivity contribution in [2.75, 3.05) is 44.8 Å². The molecule has 8 nitrogen and oxygen atoms in total. The first kappa shape index (κ1) is 27.9. The number of piperazine rings is 1. The summed E-state index contributed by atoms with van der Waals surface area (Å²) in [5.74, 6) is 1.23. The van der Waals surface area contributed by atoms with E-state index < -0.39 is 6.43 Å². The number of aromatic nitrogens is 3. The monoisotopic (exact) mass is 564 g/mol. The zero-order valence-electron chi connectivity index (χ0n) is 24.1. The number of anilines is 1. The van der Waals surface area contributed by atoms with Crippen LogP contribution in [0.25, 0.3) is 0 Å². The lowest BCUT2D eigenvalue weighted by molar-refractivity contribution is -0.0407. The van der Waals surface area contributed by atoms with Gasteiger partial charge in [0.25, 0.3) is 12.3 Å². The van der Waals surface area contributed by atoms with Gasteiger partial charge < -0.3 is 19.1 Å². The van der Waals surface area contributed by atoms with Gasteiger partial charge in [0.1, 0.15) is 12.2 Å². The Morgan fingerprint density at radius 3 is 2.56 bits per heavy atom. The molecule has 1 aromatic heterocycles. The SMILES string of the molecule is CC(C)[C@H]1CN(C)CCN1Cc1cc2c(c(C(F)F)c1)CN(c1cccc([C@@H](c3nncn3C)C3COC3)c1)C2=O. The van der Waals surface area contributed by atoms with Gasteiger partial charge in [0, 0.05) is 62.0 Å². The quantitative estimate of drug-likeness (QED) is 0.403. The minimum absolute atomic E-state index is 0.0386. The number of aryl methyl sites for hydroxylation is 1. The van der Waals surface area contributed by atoms with E-state index >= 15 is 0 Å². The number of alkyl halides is 2. The summed E-state index contributed by atoms with van der Waals surface area (Å²) in [6.45, 7) is 9.07. The van der Waals surface area contributed by atoms with Gasteiger partial charge in [-0.25, -0.2) is 8.78 Å². The molecule has 6 rings (SSSR count). The maximum atomic E-state index is 14.4. The molecule has 0 radical (unpaired) electrons. The van der Waals surface area contributed by atoms with Crippen molar-refractivity contribution < 1.29 is 18.3 Å². The van der Waals surface area contributed by atoms with Crippen molar-refractivity contribution in [3.05, 3.63) is 76.4 Å². The van der Waals surface area contributed by atoms with Gasteiger partial charge in [-0.3, -0.25) is 9.69 Å². The van der Waals surface area contributed by atoms with E-state index in [1.165, 1.54) is 0 Å². The second-order valence-corrected chi connectivity index (χ2v) is 12.1. The average molecular weight is 565 g/mol. The van der Waals surface area contributed by atoms with Gasteiger partial charge in [-0.1, -0.05) is 26.0 Å². The molecule has 2 saturated heterocycles. The standard InChI is InChI=1S/C31H38F2N6O2/c1-19(2)27-15-36(3)8-9-38(27)13-20-10-24(29(32)33)26-14-39(31(40)25(26)11-20)23-7-5-6-21(12-23)28(22-16-41-17-22)30-35-34-18-37(30)4/h5-7,10-12,18-19,22,27-29H,8-9,13-17H2,1-4H3/t27-,28-/m1/s1. The summed E-state index contributed by atoms with van der Waals surface area (Å²) in [6.07, 6.45) is -0.975. The van der Waals surface area contributed by atoms with Crippen molar-refractivity contribution in [2.45, 2.75) is 45.3 Å². The van der Waals surface area contributed by atoms with Crippen molar-refractivity contribution in [1.29, 1.82) is 0 Å². The Morgan fingerprint density at radius 2 is 1.90 bits per heavy atom. The van der Waals surface area contributed by atoms with Crippen LogP contribution >= 0.6 is 0 Å². The lowest BCUT2D eigenvalue weighted by Gasteiger charge is -2.42. The zero-order valence-corrected chi connectivity index (χ0v) is 24.1. The van der Waals surface area contributed by atoms with Crippen molar-refractivity contribution in [1.82, 2.24) is 24.6 Å². The predicted octanol–water partition coefficient (Wildman–Crippen LogP) is 4.46. The number of hydrogen-bond acceptors (Lipinski definition) is 6. The van der Waals surface area contributed by atoms with Gasteiger partial charge in [0.15, 0.2) is 0 Å². The van der Waals surface area contributed by atoms with Crippen LogP contribution in [0.5, 0.6) is 0 Å². The van der Waals surface area contributed by atoms with Crippen LogP contribution in [0.2, 0.25) is 0 Å². The highest BCUT2D eigenvalue weighted by atomic mass is 19.3. The third kappa shape index (κ3) is 5.29. The average Bonchev–Trinajstić information content (AvgIpc) is 3.49. The fourth-order valence-electron chi connectivity index (χ4n) is 6.59. The molecule has 10 heteroatoms. The number of benzene rings is 2. The van der Waals surface area contributed by atoms with E-state index in [0.29, 0.717) is 48.5 Å². The van der Waals surface area contributed by atoms with Crippen LogP contribution in [0, 0.1) is 11.8 Å². The van der Waals surface area contributed by atoms with Crippen molar-refractivity contribution >= 4 is 11.6 Å². The Kier molecular flexibility index (Phi) is 7.65. The Bertz CT molecular complexity index is 1420. The number of fused-ring (bicyclic) bond motifs is 1. The Labute approximate surface area is 239 Å². The molecule has 0 saturated carbocycles. The van der Waals surface area contributed by atoms with E-state index in [0.717, 1.165) is 36.6 Å². The molecular formula is C31H38F2N6O2. The first-order valence-electron chi connectivity index (χ1n) is 14.4. The van der Waals surface area contributed by atoms with Crippen molar-refractivity contribution in [3.63, 3.8) is 0 Å². The second kappa shape index (κ2) is 11.2. The molecule has 41 heavy (non-hydrogen) atoms. The topological polar surface area (TPSA) is 66.7 Å². The first-order valence-corrected chi connectivity index (χ1v) is 14.4. The van der Waals surface area contributed by atoms with Gasteiger partial charge in [0.05, 0.1) is 25.7 Å². The number of ether oxygens (including phenoxy) is 1. The Balaban J connectivity index is 1.30. The van der Waals surface area contributed by atoms with E-state index in [4.69, 9.17) is 4.74 Å². The number of carbonyl (C=O) groups is 1. The Morgan fingerprint density at radius 1 is 1.10 bits per heavy atom. The fourth-order valence-corrected chi connectivity index (χ4v) is 6.59. The van der Waals surface area contributed by atoms with Gasteiger partial charge in [-0.15, -0.1) is 10.2 Å². The lowest BCUT2D eigenvalue weighted by atomic mass is 9.83. The molecular weight excluding hydrogens is 526 g/mol. The largest absolute Gasteiger partial charge is 0.381 e. The first-order chi connectivity index (χ1) is 19.7. The summed E-state index contributed by atoms with van der Waals surface area (Å²) in [4.78, 5) is 20.1. The summed E-state index contributed by atoms with van der Waals surface area (Å²) in [7, 11) is 4.04. The molecule has 0 unspecified atom stereocenters. The molecule has 2 fully saturated rings. The number of hydrogen-bond donors (Lipinski definition) is 0. The molecule has 2 atom stereocenters. The van der Waals surface area contributed by atoms with Crippen LogP contribution < -0.4 is 4.90 Å². The minimum Gasteiger partial charge on any atom is -0.381 e. The minimum atomic E-state index is -2.66. The van der Waals surface area contributed by atoms with E-state index in [1.807, 2.05) is 41.9 Å². The molecule has 1 amide bonds. The third-order valence-corrected chi connectivity index (χ3v) is 8.96. The molecule has 0 aliphatic carbocycles. The Hall–Kier alpha value is -3.21. The molecule has 2 aromatic carbocycles. The van der Waals surface area contributed by atoms with Crippen LogP contribution in [0.4, 0.5) is 14.5 Å². The lowest BCUT2D eigenvalue weighted by Crippen LogP contribution is -2.53. The number of halogens is 2. The molecule has 3 aliphatic heterocycles. The smallest absolute Gasteiger partial charge is 0.264 e. The molecule has 218 valence electrons. The fraction of sp³-hybridized carbons (Fsp3) is 0.516. The van der Waals surface area contributed by atoms with Gasteiger partial charge >= 0.3 is 0 Å². The van der Waals surface area contributed by atoms with Crippen LogP contribution in [-0.4, -0.2) is 76.4 Å². The highest BCUT2D eigenvalue weighted by Gasteiger charge is 2.37. The van der Waals surface area contributed by atoms with Crippen molar-refractivity contribution in [3.8, 4) is 0 Å². The summed E-state index contributed by atoms with van der Waals surface area (Å²) < 4.78 is 36.2. The van der Waals surface area contributed by atoms with Crippen LogP contribution in [0.15, 0.2) is 42.7 Å². The number of amides is 1. The van der Waals surface area contributed by atoms with Crippen LogP contribution in [0.1, 0.15) is 64.6 Å². The molecule has 0 bridgehead atoms. The number of carbonyl (C=O) groups excluding carboxylic acids is 1. The summed E-state index contributed by atoms with van der Waals surface area (Å²) in [6, 6.07) is 11.6. The van der Waals surface area contributed by atoms with Gasteiger partial charge in [-0.2, -0.15) is 0 Å². The van der Waals surface area contributed by atoms with Gasteiger partial charge in [0.2, 0.25) is 0 Å². The summed E-state index contributed by atoms with van der Waals surface area (Å²) >= 11 is 0. The predicted molar refractivity (Wildman–Crippen MR) is 152 cm³/mol. The second-order valence-electron chi connectivity index (χ2n) is 12.1. The number of nitrogens with zero attached hydrogens (tertiary/aromatic N) is 6. The van der Waals surface area contributed by atoms with Crippen molar-refractivity contribution in [2.24, 2.45) is 18.9 Å². The molecule has 0 spiro atoms. The van der Waals surface area contributed by atoms with E-state index in [9.17, 15) is 13.6 Å². The summed E-state index contributed by atoms with van der Waals surface area (Å²) in [5, 5.41) is 8.44. The van der Waals surface area contributed by atoms with Crippen LogP contribution in [-0.2, 0) is 24.9 Å². The number of likely N-dealkylation sites (N-methyl/N-ethyl adjacent to an activating group) is 1. The normalized spacial score (nSPS) is 21.1. The van der Waals surface area contributed by atoms with E-state index in [2.05, 4.69) is 40.9 Å². The molecule has 3 aromatic rings. The van der Waals surface area contributed by atoms with Gasteiger partial charge in [-0.05, 0) is 53.9 Å². The van der Waals surface area contributed by atoms with E-state index in [-0.39, 0.29) is 29.9 Å². The zero-order chi connectivity index (χ0) is 28.8.